The molecule has 5 nitrogen and oxygen atoms in total. The van der Waals surface area contributed by atoms with Crippen LogP contribution in [0.15, 0.2) is 54.6 Å². The minimum atomic E-state index is -0.0202. The van der Waals surface area contributed by atoms with E-state index in [2.05, 4.69) is 63.5 Å². The molecule has 6 heteroatoms. The van der Waals surface area contributed by atoms with Gasteiger partial charge in [-0.05, 0) is 23.1 Å². The smallest absolute Gasteiger partial charge is 0.230 e. The highest BCUT2D eigenvalue weighted by Gasteiger charge is 2.31. The van der Waals surface area contributed by atoms with Gasteiger partial charge in [-0.25, -0.2) is 4.98 Å². The molecule has 1 aliphatic heterocycles. The number of thiazole rings is 1. The predicted molar refractivity (Wildman–Crippen MR) is 111 cm³/mol. The monoisotopic (exact) mass is 390 g/mol. The van der Waals surface area contributed by atoms with E-state index in [4.69, 9.17) is 0 Å². The van der Waals surface area contributed by atoms with Gasteiger partial charge in [0, 0.05) is 19.5 Å². The number of aromatic nitrogens is 3. The highest BCUT2D eigenvalue weighted by Crippen LogP contribution is 2.41. The third-order valence-electron chi connectivity index (χ3n) is 5.45. The van der Waals surface area contributed by atoms with E-state index in [1.54, 1.807) is 4.52 Å². The fourth-order valence-electron chi connectivity index (χ4n) is 4.02. The molecule has 4 aromatic rings. The van der Waals surface area contributed by atoms with Crippen molar-refractivity contribution in [1.82, 2.24) is 19.5 Å². The lowest BCUT2D eigenvalue weighted by atomic mass is 9.96. The van der Waals surface area contributed by atoms with Crippen LogP contribution < -0.4 is 0 Å². The summed E-state index contributed by atoms with van der Waals surface area (Å²) < 4.78 is 1.59. The van der Waals surface area contributed by atoms with E-state index in [9.17, 15) is 5.11 Å². The van der Waals surface area contributed by atoms with Crippen molar-refractivity contribution in [2.45, 2.75) is 32.4 Å². The maximum atomic E-state index is 11.0. The van der Waals surface area contributed by atoms with Gasteiger partial charge in [0.25, 0.3) is 0 Å². The van der Waals surface area contributed by atoms with Gasteiger partial charge in [0.2, 0.25) is 10.8 Å². The number of fused-ring (bicyclic) bond motifs is 2. The molecule has 5 rings (SSSR count). The Balaban J connectivity index is 1.60. The first-order valence-electron chi connectivity index (χ1n) is 9.67. The van der Waals surface area contributed by atoms with Gasteiger partial charge in [-0.15, -0.1) is 5.10 Å². The van der Waals surface area contributed by atoms with Crippen LogP contribution in [0, 0.1) is 0 Å². The average molecular weight is 391 g/mol. The van der Waals surface area contributed by atoms with Gasteiger partial charge < -0.3 is 5.11 Å². The Bertz CT molecular complexity index is 1120. The molecule has 1 atom stereocenters. The molecule has 0 fully saturated rings. The zero-order valence-electron chi connectivity index (χ0n) is 15.7. The van der Waals surface area contributed by atoms with Gasteiger partial charge >= 0.3 is 0 Å². The number of hydrogen-bond donors (Lipinski definition) is 1. The molecule has 0 amide bonds. The van der Waals surface area contributed by atoms with Crippen LogP contribution >= 0.6 is 11.3 Å². The first-order valence-corrected chi connectivity index (χ1v) is 10.5. The van der Waals surface area contributed by atoms with E-state index in [1.165, 1.54) is 28.0 Å². The summed E-state index contributed by atoms with van der Waals surface area (Å²) in [5, 5.41) is 15.5. The summed E-state index contributed by atoms with van der Waals surface area (Å²) in [6.45, 7) is 3.84. The fourth-order valence-corrected chi connectivity index (χ4v) is 5.16. The highest BCUT2D eigenvalue weighted by atomic mass is 32.1. The molecule has 1 N–H and O–H groups in total. The summed E-state index contributed by atoms with van der Waals surface area (Å²) in [5.74, 6) is 0.969. The first-order chi connectivity index (χ1) is 13.7. The van der Waals surface area contributed by atoms with Crippen molar-refractivity contribution in [1.29, 1.82) is 0 Å². The third kappa shape index (κ3) is 2.89. The van der Waals surface area contributed by atoms with E-state index in [-0.39, 0.29) is 11.9 Å². The molecule has 28 heavy (non-hydrogen) atoms. The molecular weight excluding hydrogens is 368 g/mol. The standard InChI is InChI=1S/C22H22N4OS/c1-2-18-23-22-26(24-18)21(27)20(28-22)19(16-9-4-3-5-10-16)25-13-12-15-8-6-7-11-17(15)14-25/h3-11,19,27H,2,12-14H2,1H3/t19-/m1/s1. The Morgan fingerprint density at radius 1 is 1.07 bits per heavy atom. The lowest BCUT2D eigenvalue weighted by molar-refractivity contribution is 0.205. The second-order valence-electron chi connectivity index (χ2n) is 7.17. The van der Waals surface area contributed by atoms with Gasteiger partial charge in [-0.2, -0.15) is 4.52 Å². The van der Waals surface area contributed by atoms with Gasteiger partial charge in [0.05, 0.1) is 10.9 Å². The van der Waals surface area contributed by atoms with Crippen LogP contribution in [0.2, 0.25) is 0 Å². The maximum Gasteiger partial charge on any atom is 0.230 e. The number of benzene rings is 2. The molecule has 2 aromatic heterocycles. The van der Waals surface area contributed by atoms with Crippen molar-refractivity contribution in [2.75, 3.05) is 6.54 Å². The molecule has 0 saturated heterocycles. The Morgan fingerprint density at radius 3 is 2.57 bits per heavy atom. The summed E-state index contributed by atoms with van der Waals surface area (Å²) in [5.41, 5.74) is 3.96. The van der Waals surface area contributed by atoms with Crippen molar-refractivity contribution >= 4 is 16.3 Å². The summed E-state index contributed by atoms with van der Waals surface area (Å²) in [6.07, 6.45) is 1.77. The molecule has 0 saturated carbocycles. The van der Waals surface area contributed by atoms with Crippen LogP contribution in [0.1, 0.15) is 40.4 Å². The largest absolute Gasteiger partial charge is 0.492 e. The summed E-state index contributed by atoms with van der Waals surface area (Å²) >= 11 is 1.54. The first kappa shape index (κ1) is 17.4. The second kappa shape index (κ2) is 7.04. The van der Waals surface area contributed by atoms with Crippen LogP contribution in [-0.2, 0) is 19.4 Å². The topological polar surface area (TPSA) is 53.7 Å². The normalized spacial score (nSPS) is 15.6. The Kier molecular flexibility index (Phi) is 4.37. The van der Waals surface area contributed by atoms with Crippen LogP contribution in [0.5, 0.6) is 5.88 Å². The van der Waals surface area contributed by atoms with Crippen LogP contribution in [-0.4, -0.2) is 31.1 Å². The Hall–Kier alpha value is -2.70. The predicted octanol–water partition coefficient (Wildman–Crippen LogP) is 4.21. The summed E-state index contributed by atoms with van der Waals surface area (Å²) in [7, 11) is 0. The lowest BCUT2D eigenvalue weighted by Crippen LogP contribution is -2.34. The van der Waals surface area contributed by atoms with Crippen LogP contribution in [0.3, 0.4) is 0 Å². The molecular formula is C22H22N4OS. The van der Waals surface area contributed by atoms with Gasteiger partial charge in [-0.3, -0.25) is 4.90 Å². The van der Waals surface area contributed by atoms with Gasteiger partial charge in [-0.1, -0.05) is 72.9 Å². The minimum absolute atomic E-state index is 0.0202. The number of aryl methyl sites for hydroxylation is 1. The molecule has 2 aromatic carbocycles. The molecule has 0 bridgehead atoms. The molecule has 142 valence electrons. The van der Waals surface area contributed by atoms with Crippen molar-refractivity contribution in [3.05, 3.63) is 82.0 Å². The fraction of sp³-hybridized carbons (Fsp3) is 0.273. The quantitative estimate of drug-likeness (QED) is 0.567. The summed E-state index contributed by atoms with van der Waals surface area (Å²) in [4.78, 5) is 8.67. The zero-order valence-corrected chi connectivity index (χ0v) is 16.6. The number of hydrogen-bond acceptors (Lipinski definition) is 5. The maximum absolute atomic E-state index is 11.0. The van der Waals surface area contributed by atoms with E-state index in [0.29, 0.717) is 0 Å². The molecule has 0 spiro atoms. The van der Waals surface area contributed by atoms with Crippen LogP contribution in [0.25, 0.3) is 4.96 Å². The zero-order chi connectivity index (χ0) is 19.1. The van der Waals surface area contributed by atoms with Crippen molar-refractivity contribution in [2.24, 2.45) is 0 Å². The SMILES string of the molecule is CCc1nc2sc([C@@H](c3ccccc3)N3CCc4ccccc4C3)c(O)n2n1. The highest BCUT2D eigenvalue weighted by molar-refractivity contribution is 7.17. The van der Waals surface area contributed by atoms with Crippen molar-refractivity contribution in [3.63, 3.8) is 0 Å². The Morgan fingerprint density at radius 2 is 1.82 bits per heavy atom. The van der Waals surface area contributed by atoms with Gasteiger partial charge in [0.1, 0.15) is 0 Å². The molecule has 3 heterocycles. The lowest BCUT2D eigenvalue weighted by Gasteiger charge is -2.35. The third-order valence-corrected chi connectivity index (χ3v) is 6.52. The minimum Gasteiger partial charge on any atom is -0.492 e. The number of nitrogens with zero attached hydrogens (tertiary/aromatic N) is 4. The summed E-state index contributed by atoms with van der Waals surface area (Å²) in [6, 6.07) is 19.0. The molecule has 0 aliphatic carbocycles. The van der Waals surface area contributed by atoms with Gasteiger partial charge in [0.15, 0.2) is 5.82 Å². The van der Waals surface area contributed by atoms with E-state index in [1.807, 2.05) is 13.0 Å². The van der Waals surface area contributed by atoms with Crippen molar-refractivity contribution < 1.29 is 5.11 Å². The van der Waals surface area contributed by atoms with Crippen LogP contribution in [0.4, 0.5) is 0 Å². The van der Waals surface area contributed by atoms with Crippen molar-refractivity contribution in [3.8, 4) is 5.88 Å². The second-order valence-corrected chi connectivity index (χ2v) is 8.18. The van der Waals surface area contributed by atoms with E-state index < -0.39 is 0 Å². The van der Waals surface area contributed by atoms with E-state index in [0.717, 1.165) is 41.6 Å². The Labute approximate surface area is 167 Å². The number of aromatic hydroxyl groups is 1. The van der Waals surface area contributed by atoms with E-state index >= 15 is 0 Å². The number of rotatable bonds is 4. The molecule has 0 radical (unpaired) electrons. The molecule has 0 unspecified atom stereocenters. The average Bonchev–Trinajstić information content (AvgIpc) is 3.28. The molecule has 1 aliphatic rings.